The molecule has 1 fully saturated rings. The molecule has 1 aliphatic rings. The number of ether oxygens (including phenoxy) is 1. The van der Waals surface area contributed by atoms with Crippen molar-refractivity contribution < 1.29 is 4.74 Å². The van der Waals surface area contributed by atoms with E-state index in [4.69, 9.17) is 4.74 Å². The summed E-state index contributed by atoms with van der Waals surface area (Å²) in [5.41, 5.74) is 0. The van der Waals surface area contributed by atoms with E-state index in [2.05, 4.69) is 12.2 Å². The van der Waals surface area contributed by atoms with Crippen molar-refractivity contribution in [2.24, 2.45) is 5.92 Å². The van der Waals surface area contributed by atoms with E-state index in [-0.39, 0.29) is 0 Å². The van der Waals surface area contributed by atoms with Crippen LogP contribution in [0.3, 0.4) is 0 Å². The zero-order valence-electron chi connectivity index (χ0n) is 12.5. The molecule has 108 valence electrons. The number of rotatable bonds is 8. The fraction of sp³-hybridized carbons (Fsp3) is 1.00. The van der Waals surface area contributed by atoms with Gasteiger partial charge in [-0.05, 0) is 44.6 Å². The first kappa shape index (κ1) is 16.0. The molecule has 0 saturated heterocycles. The fourth-order valence-electron chi connectivity index (χ4n) is 3.17. The lowest BCUT2D eigenvalue weighted by Crippen LogP contribution is -2.37. The maximum absolute atomic E-state index is 5.20. The van der Waals surface area contributed by atoms with E-state index in [0.717, 1.165) is 18.6 Å². The third kappa shape index (κ3) is 6.75. The topological polar surface area (TPSA) is 21.3 Å². The van der Waals surface area contributed by atoms with Crippen molar-refractivity contribution in [3.05, 3.63) is 0 Å². The zero-order valence-corrected chi connectivity index (χ0v) is 12.5. The summed E-state index contributed by atoms with van der Waals surface area (Å²) >= 11 is 0. The summed E-state index contributed by atoms with van der Waals surface area (Å²) in [5.74, 6) is 0.911. The van der Waals surface area contributed by atoms with Crippen molar-refractivity contribution in [2.75, 3.05) is 20.3 Å². The summed E-state index contributed by atoms with van der Waals surface area (Å²) in [6, 6.07) is 0.734. The van der Waals surface area contributed by atoms with Gasteiger partial charge < -0.3 is 10.1 Å². The van der Waals surface area contributed by atoms with Crippen LogP contribution in [0.5, 0.6) is 0 Å². The van der Waals surface area contributed by atoms with Crippen LogP contribution < -0.4 is 5.32 Å². The smallest absolute Gasteiger partial charge is 0.0462 e. The first-order valence-corrected chi connectivity index (χ1v) is 8.10. The minimum atomic E-state index is 0.734. The number of nitrogens with one attached hydrogen (secondary N) is 1. The summed E-state index contributed by atoms with van der Waals surface area (Å²) < 4.78 is 5.20. The van der Waals surface area contributed by atoms with Crippen molar-refractivity contribution in [1.29, 1.82) is 0 Å². The number of hydrogen-bond acceptors (Lipinski definition) is 2. The standard InChI is InChI=1S/C16H33NO/c1-3-13-17-16(12-9-14-18-2)15-10-7-5-4-6-8-11-15/h15-17H,3-14H2,1-2H3. The Hall–Kier alpha value is -0.0800. The Bertz CT molecular complexity index is 176. The fourth-order valence-corrected chi connectivity index (χ4v) is 3.17. The third-order valence-electron chi connectivity index (χ3n) is 4.24. The minimum Gasteiger partial charge on any atom is -0.385 e. The van der Waals surface area contributed by atoms with Crippen LogP contribution in [0.4, 0.5) is 0 Å². The third-order valence-corrected chi connectivity index (χ3v) is 4.24. The molecule has 1 atom stereocenters. The normalized spacial score (nSPS) is 20.3. The van der Waals surface area contributed by atoms with Crippen LogP contribution in [0.2, 0.25) is 0 Å². The van der Waals surface area contributed by atoms with Gasteiger partial charge in [-0.3, -0.25) is 0 Å². The maximum atomic E-state index is 5.20. The molecule has 0 bridgehead atoms. The van der Waals surface area contributed by atoms with E-state index in [1.165, 1.54) is 70.8 Å². The molecule has 0 aliphatic heterocycles. The highest BCUT2D eigenvalue weighted by molar-refractivity contribution is 4.78. The highest BCUT2D eigenvalue weighted by Crippen LogP contribution is 2.26. The molecule has 0 radical (unpaired) electrons. The molecule has 1 unspecified atom stereocenters. The molecule has 1 rings (SSSR count). The zero-order chi connectivity index (χ0) is 13.1. The molecule has 0 heterocycles. The Morgan fingerprint density at radius 2 is 1.78 bits per heavy atom. The first-order chi connectivity index (χ1) is 8.88. The predicted octanol–water partition coefficient (Wildman–Crippen LogP) is 4.14. The van der Waals surface area contributed by atoms with Crippen LogP contribution in [0.15, 0.2) is 0 Å². The van der Waals surface area contributed by atoms with Gasteiger partial charge in [-0.15, -0.1) is 0 Å². The van der Waals surface area contributed by atoms with Gasteiger partial charge in [0.2, 0.25) is 0 Å². The van der Waals surface area contributed by atoms with Gasteiger partial charge in [-0.2, -0.15) is 0 Å². The number of hydrogen-bond donors (Lipinski definition) is 1. The van der Waals surface area contributed by atoms with Crippen molar-refractivity contribution in [2.45, 2.75) is 77.2 Å². The van der Waals surface area contributed by atoms with Crippen LogP contribution in [0, 0.1) is 5.92 Å². The lowest BCUT2D eigenvalue weighted by atomic mass is 9.84. The van der Waals surface area contributed by atoms with E-state index >= 15 is 0 Å². The molecule has 1 N–H and O–H groups in total. The van der Waals surface area contributed by atoms with E-state index in [0.29, 0.717) is 0 Å². The van der Waals surface area contributed by atoms with Crippen molar-refractivity contribution in [3.8, 4) is 0 Å². The molecule has 0 aromatic heterocycles. The van der Waals surface area contributed by atoms with Gasteiger partial charge in [0.15, 0.2) is 0 Å². The Balaban J connectivity index is 2.38. The molecule has 2 nitrogen and oxygen atoms in total. The molecular formula is C16H33NO. The van der Waals surface area contributed by atoms with Crippen LogP contribution in [-0.4, -0.2) is 26.3 Å². The Labute approximate surface area is 114 Å². The molecule has 0 aromatic rings. The van der Waals surface area contributed by atoms with Gasteiger partial charge in [0.1, 0.15) is 0 Å². The maximum Gasteiger partial charge on any atom is 0.0462 e. The molecule has 0 aromatic carbocycles. The van der Waals surface area contributed by atoms with Crippen LogP contribution >= 0.6 is 0 Å². The Morgan fingerprint density at radius 1 is 1.11 bits per heavy atom. The van der Waals surface area contributed by atoms with E-state index in [1.807, 2.05) is 7.11 Å². The summed E-state index contributed by atoms with van der Waals surface area (Å²) in [6.45, 7) is 4.35. The van der Waals surface area contributed by atoms with Crippen LogP contribution in [-0.2, 0) is 4.74 Å². The molecule has 2 heteroatoms. The molecular weight excluding hydrogens is 222 g/mol. The Morgan fingerprint density at radius 3 is 2.39 bits per heavy atom. The van der Waals surface area contributed by atoms with Crippen molar-refractivity contribution in [3.63, 3.8) is 0 Å². The highest BCUT2D eigenvalue weighted by atomic mass is 16.5. The molecule has 1 aliphatic carbocycles. The largest absolute Gasteiger partial charge is 0.385 e. The SMILES string of the molecule is CCCNC(CCCOC)C1CCCCCCC1. The second-order valence-electron chi connectivity index (χ2n) is 5.80. The van der Waals surface area contributed by atoms with Gasteiger partial charge >= 0.3 is 0 Å². The summed E-state index contributed by atoms with van der Waals surface area (Å²) in [7, 11) is 1.81. The van der Waals surface area contributed by atoms with E-state index in [9.17, 15) is 0 Å². The van der Waals surface area contributed by atoms with Crippen LogP contribution in [0.25, 0.3) is 0 Å². The van der Waals surface area contributed by atoms with E-state index in [1.54, 1.807) is 0 Å². The quantitative estimate of drug-likeness (QED) is 0.658. The molecule has 0 spiro atoms. The van der Waals surface area contributed by atoms with Gasteiger partial charge in [0.25, 0.3) is 0 Å². The second kappa shape index (κ2) is 10.8. The summed E-state index contributed by atoms with van der Waals surface area (Å²) in [4.78, 5) is 0. The monoisotopic (exact) mass is 255 g/mol. The molecule has 18 heavy (non-hydrogen) atoms. The molecule has 0 amide bonds. The van der Waals surface area contributed by atoms with Crippen molar-refractivity contribution >= 4 is 0 Å². The summed E-state index contributed by atoms with van der Waals surface area (Å²) in [5, 5.41) is 3.79. The second-order valence-corrected chi connectivity index (χ2v) is 5.80. The lowest BCUT2D eigenvalue weighted by Gasteiger charge is -2.30. The van der Waals surface area contributed by atoms with Gasteiger partial charge in [-0.25, -0.2) is 0 Å². The summed E-state index contributed by atoms with van der Waals surface area (Å²) in [6.07, 6.45) is 13.9. The predicted molar refractivity (Wildman–Crippen MR) is 79.0 cm³/mol. The average Bonchev–Trinajstić information content (AvgIpc) is 2.34. The minimum absolute atomic E-state index is 0.734. The average molecular weight is 255 g/mol. The van der Waals surface area contributed by atoms with Gasteiger partial charge in [-0.1, -0.05) is 39.0 Å². The van der Waals surface area contributed by atoms with Gasteiger partial charge in [0.05, 0.1) is 0 Å². The lowest BCUT2D eigenvalue weighted by molar-refractivity contribution is 0.179. The highest BCUT2D eigenvalue weighted by Gasteiger charge is 2.21. The van der Waals surface area contributed by atoms with Crippen LogP contribution in [0.1, 0.15) is 71.1 Å². The van der Waals surface area contributed by atoms with E-state index < -0.39 is 0 Å². The first-order valence-electron chi connectivity index (χ1n) is 8.10. The number of methoxy groups -OCH3 is 1. The van der Waals surface area contributed by atoms with Gasteiger partial charge in [0, 0.05) is 19.8 Å². The molecule has 1 saturated carbocycles. The Kier molecular flexibility index (Phi) is 9.59. The van der Waals surface area contributed by atoms with Crippen molar-refractivity contribution in [1.82, 2.24) is 5.32 Å².